The summed E-state index contributed by atoms with van der Waals surface area (Å²) in [6.07, 6.45) is 4.89. The Labute approximate surface area is 175 Å². The van der Waals surface area contributed by atoms with E-state index < -0.39 is 0 Å². The molecule has 2 aliphatic heterocycles. The van der Waals surface area contributed by atoms with E-state index in [2.05, 4.69) is 48.2 Å². The SMILES string of the molecule is CCNC(=NCC1CCN(Cc2csc(CC)n2)CC1)N1CC(C)CC(C)C1. The van der Waals surface area contributed by atoms with Crippen LogP contribution in [0.5, 0.6) is 0 Å². The van der Waals surface area contributed by atoms with Gasteiger partial charge in [-0.3, -0.25) is 9.89 Å². The molecule has 0 saturated carbocycles. The van der Waals surface area contributed by atoms with Gasteiger partial charge in [-0.1, -0.05) is 20.8 Å². The molecule has 3 heterocycles. The lowest BCUT2D eigenvalue weighted by molar-refractivity contribution is 0.178. The zero-order valence-corrected chi connectivity index (χ0v) is 19.1. The predicted molar refractivity (Wildman–Crippen MR) is 120 cm³/mol. The number of aryl methyl sites for hydroxylation is 1. The third-order valence-electron chi connectivity index (χ3n) is 6.00. The molecule has 2 saturated heterocycles. The van der Waals surface area contributed by atoms with E-state index in [9.17, 15) is 0 Å². The third-order valence-corrected chi connectivity index (χ3v) is 7.04. The van der Waals surface area contributed by atoms with Gasteiger partial charge in [-0.15, -0.1) is 11.3 Å². The highest BCUT2D eigenvalue weighted by Gasteiger charge is 2.25. The van der Waals surface area contributed by atoms with Crippen LogP contribution in [0.4, 0.5) is 0 Å². The molecule has 1 aromatic rings. The number of guanidine groups is 1. The van der Waals surface area contributed by atoms with E-state index in [1.165, 1.54) is 43.1 Å². The lowest BCUT2D eigenvalue weighted by Gasteiger charge is -2.37. The zero-order valence-electron chi connectivity index (χ0n) is 18.3. The molecular weight excluding hydrogens is 366 g/mol. The first-order valence-electron chi connectivity index (χ1n) is 11.3. The van der Waals surface area contributed by atoms with E-state index in [1.807, 2.05) is 0 Å². The van der Waals surface area contributed by atoms with Crippen molar-refractivity contribution in [3.05, 3.63) is 16.1 Å². The van der Waals surface area contributed by atoms with E-state index in [0.29, 0.717) is 5.92 Å². The van der Waals surface area contributed by atoms with Crippen molar-refractivity contribution in [1.29, 1.82) is 0 Å². The zero-order chi connectivity index (χ0) is 19.9. The van der Waals surface area contributed by atoms with Gasteiger partial charge in [-0.2, -0.15) is 0 Å². The van der Waals surface area contributed by atoms with Crippen molar-refractivity contribution in [3.8, 4) is 0 Å². The molecule has 1 N–H and O–H groups in total. The Kier molecular flexibility index (Phi) is 8.15. The fourth-order valence-corrected chi connectivity index (χ4v) is 5.35. The topological polar surface area (TPSA) is 43.8 Å². The van der Waals surface area contributed by atoms with Crippen molar-refractivity contribution < 1.29 is 0 Å². The fraction of sp³-hybridized carbons (Fsp3) is 0.818. The fourth-order valence-electron chi connectivity index (χ4n) is 4.62. The maximum Gasteiger partial charge on any atom is 0.193 e. The van der Waals surface area contributed by atoms with Gasteiger partial charge in [0.15, 0.2) is 5.96 Å². The Balaban J connectivity index is 1.48. The molecular formula is C22H39N5S. The van der Waals surface area contributed by atoms with E-state index in [0.717, 1.165) is 56.9 Å². The number of aromatic nitrogens is 1. The summed E-state index contributed by atoms with van der Waals surface area (Å²) >= 11 is 1.80. The maximum atomic E-state index is 5.06. The van der Waals surface area contributed by atoms with E-state index >= 15 is 0 Å². The van der Waals surface area contributed by atoms with Gasteiger partial charge in [0.25, 0.3) is 0 Å². The highest BCUT2D eigenvalue weighted by Crippen LogP contribution is 2.23. The first-order valence-corrected chi connectivity index (χ1v) is 12.1. The number of rotatable bonds is 6. The monoisotopic (exact) mass is 405 g/mol. The van der Waals surface area contributed by atoms with Gasteiger partial charge in [-0.05, 0) is 63.5 Å². The van der Waals surface area contributed by atoms with Crippen LogP contribution in [0.15, 0.2) is 10.4 Å². The van der Waals surface area contributed by atoms with Gasteiger partial charge in [0.1, 0.15) is 0 Å². The molecule has 3 rings (SSSR count). The molecule has 0 aromatic carbocycles. The minimum Gasteiger partial charge on any atom is -0.357 e. The van der Waals surface area contributed by atoms with E-state index in [-0.39, 0.29) is 0 Å². The Morgan fingerprint density at radius 3 is 2.54 bits per heavy atom. The molecule has 6 heteroatoms. The normalized spacial score (nSPS) is 25.3. The average molecular weight is 406 g/mol. The Morgan fingerprint density at radius 1 is 1.21 bits per heavy atom. The summed E-state index contributed by atoms with van der Waals surface area (Å²) in [5, 5.41) is 7.04. The van der Waals surface area contributed by atoms with Gasteiger partial charge in [0.2, 0.25) is 0 Å². The number of nitrogens with one attached hydrogen (secondary N) is 1. The molecule has 2 unspecified atom stereocenters. The van der Waals surface area contributed by atoms with Crippen molar-refractivity contribution in [3.63, 3.8) is 0 Å². The van der Waals surface area contributed by atoms with Gasteiger partial charge < -0.3 is 10.2 Å². The average Bonchev–Trinajstić information content (AvgIpc) is 3.13. The van der Waals surface area contributed by atoms with E-state index in [1.54, 1.807) is 11.3 Å². The van der Waals surface area contributed by atoms with Crippen molar-refractivity contribution in [2.75, 3.05) is 39.3 Å². The van der Waals surface area contributed by atoms with Crippen molar-refractivity contribution in [1.82, 2.24) is 20.1 Å². The number of piperidine rings is 2. The molecule has 28 heavy (non-hydrogen) atoms. The first-order chi connectivity index (χ1) is 13.6. The number of hydrogen-bond donors (Lipinski definition) is 1. The van der Waals surface area contributed by atoms with Crippen LogP contribution in [0.2, 0.25) is 0 Å². The molecule has 2 fully saturated rings. The summed E-state index contributed by atoms with van der Waals surface area (Å²) in [5.41, 5.74) is 1.25. The summed E-state index contributed by atoms with van der Waals surface area (Å²) in [6, 6.07) is 0. The molecule has 158 valence electrons. The molecule has 0 bridgehead atoms. The molecule has 0 aliphatic carbocycles. The number of likely N-dealkylation sites (tertiary alicyclic amines) is 2. The van der Waals surface area contributed by atoms with Gasteiger partial charge in [-0.25, -0.2) is 4.98 Å². The number of aliphatic imine (C=N–C) groups is 1. The van der Waals surface area contributed by atoms with Crippen LogP contribution in [0.25, 0.3) is 0 Å². The molecule has 2 atom stereocenters. The smallest absolute Gasteiger partial charge is 0.193 e. The van der Waals surface area contributed by atoms with Crippen LogP contribution in [0.1, 0.15) is 57.7 Å². The van der Waals surface area contributed by atoms with Crippen LogP contribution in [-0.4, -0.2) is 60.0 Å². The maximum absolute atomic E-state index is 5.06. The van der Waals surface area contributed by atoms with Crippen LogP contribution >= 0.6 is 11.3 Å². The standard InChI is InChI=1S/C22H39N5S/c1-5-21-25-20(16-28-21)15-26-9-7-19(8-10-26)12-24-22(23-6-2)27-13-17(3)11-18(4)14-27/h16-19H,5-15H2,1-4H3,(H,23,24). The number of thiazole rings is 1. The van der Waals surface area contributed by atoms with Gasteiger partial charge >= 0.3 is 0 Å². The molecule has 5 nitrogen and oxygen atoms in total. The van der Waals surface area contributed by atoms with Crippen LogP contribution < -0.4 is 5.32 Å². The minimum atomic E-state index is 0.714. The second-order valence-corrected chi connectivity index (χ2v) is 9.79. The Hall–Kier alpha value is -1.14. The van der Waals surface area contributed by atoms with Crippen LogP contribution in [-0.2, 0) is 13.0 Å². The Bertz CT molecular complexity index is 610. The van der Waals surface area contributed by atoms with E-state index in [4.69, 9.17) is 9.98 Å². The number of nitrogens with zero attached hydrogens (tertiary/aromatic N) is 4. The summed E-state index contributed by atoms with van der Waals surface area (Å²) in [6.45, 7) is 16.6. The summed E-state index contributed by atoms with van der Waals surface area (Å²) in [4.78, 5) is 14.8. The highest BCUT2D eigenvalue weighted by molar-refractivity contribution is 7.09. The lowest BCUT2D eigenvalue weighted by atomic mass is 9.92. The van der Waals surface area contributed by atoms with Gasteiger partial charge in [0.05, 0.1) is 10.7 Å². The molecule has 0 amide bonds. The van der Waals surface area contributed by atoms with Gasteiger partial charge in [0, 0.05) is 38.1 Å². The molecule has 0 spiro atoms. The summed E-state index contributed by atoms with van der Waals surface area (Å²) < 4.78 is 0. The number of hydrogen-bond acceptors (Lipinski definition) is 4. The largest absolute Gasteiger partial charge is 0.357 e. The van der Waals surface area contributed by atoms with Crippen molar-refractivity contribution >= 4 is 17.3 Å². The molecule has 0 radical (unpaired) electrons. The van der Waals surface area contributed by atoms with Crippen molar-refractivity contribution in [2.45, 2.75) is 59.9 Å². The second-order valence-electron chi connectivity index (χ2n) is 8.85. The van der Waals surface area contributed by atoms with Crippen LogP contribution in [0.3, 0.4) is 0 Å². The molecule has 1 aromatic heterocycles. The highest BCUT2D eigenvalue weighted by atomic mass is 32.1. The summed E-state index contributed by atoms with van der Waals surface area (Å²) in [7, 11) is 0. The van der Waals surface area contributed by atoms with Crippen LogP contribution in [0, 0.1) is 17.8 Å². The van der Waals surface area contributed by atoms with Crippen molar-refractivity contribution in [2.24, 2.45) is 22.7 Å². The lowest BCUT2D eigenvalue weighted by Crippen LogP contribution is -2.48. The second kappa shape index (κ2) is 10.6. The first kappa shape index (κ1) is 21.6. The molecule has 2 aliphatic rings. The predicted octanol–water partition coefficient (Wildman–Crippen LogP) is 3.86. The third kappa shape index (κ3) is 6.18. The summed E-state index contributed by atoms with van der Waals surface area (Å²) in [5.74, 6) is 3.37. The minimum absolute atomic E-state index is 0.714. The quantitative estimate of drug-likeness (QED) is 0.576. The Morgan fingerprint density at radius 2 is 1.93 bits per heavy atom.